The average molecular weight is 625 g/mol. The summed E-state index contributed by atoms with van der Waals surface area (Å²) < 4.78 is 45.0. The molecule has 0 aliphatic carbocycles. The van der Waals surface area contributed by atoms with Gasteiger partial charge in [-0.3, -0.25) is 18.4 Å². The molecule has 2 rings (SSSR count). The van der Waals surface area contributed by atoms with Crippen molar-refractivity contribution in [3.05, 3.63) is 48.0 Å². The molecule has 0 unspecified atom stereocenters. The van der Waals surface area contributed by atoms with Crippen molar-refractivity contribution >= 4 is 22.6 Å². The Morgan fingerprint density at radius 2 is 1.00 bits per heavy atom. The van der Waals surface area contributed by atoms with E-state index in [1.807, 2.05) is 0 Å². The summed E-state index contributed by atoms with van der Waals surface area (Å²) in [5, 5.41) is 0. The number of rotatable bonds is 15. The molecule has 242 valence electrons. The molecular formula is C28H44N6O8S-2. The molecule has 43 heavy (non-hydrogen) atoms. The van der Waals surface area contributed by atoms with E-state index in [2.05, 4.69) is 33.9 Å². The number of carbonyl (C=O) groups excluding carboxylic acids is 2. The fourth-order valence-corrected chi connectivity index (χ4v) is 3.78. The first-order chi connectivity index (χ1) is 20.2. The summed E-state index contributed by atoms with van der Waals surface area (Å²) in [7, 11) is 5.61. The second-order valence-corrected chi connectivity index (χ2v) is 11.2. The van der Waals surface area contributed by atoms with Crippen molar-refractivity contribution in [3.63, 3.8) is 0 Å². The Bertz CT molecular complexity index is 1140. The molecule has 0 aliphatic heterocycles. The van der Waals surface area contributed by atoms with Gasteiger partial charge in [0.1, 0.15) is 0 Å². The van der Waals surface area contributed by atoms with Crippen LogP contribution in [0.2, 0.25) is 0 Å². The van der Waals surface area contributed by atoms with Gasteiger partial charge in [-0.2, -0.15) is 0 Å². The number of hydrogen-bond acceptors (Lipinski definition) is 12. The van der Waals surface area contributed by atoms with Crippen molar-refractivity contribution in [2.45, 2.75) is 51.6 Å². The van der Waals surface area contributed by atoms with Crippen LogP contribution in [0.25, 0.3) is 0 Å². The van der Waals surface area contributed by atoms with Gasteiger partial charge in [-0.1, -0.05) is 25.7 Å². The Hall–Kier alpha value is -3.37. The van der Waals surface area contributed by atoms with Crippen molar-refractivity contribution in [1.82, 2.24) is 29.6 Å². The minimum absolute atomic E-state index is 0.403. The van der Waals surface area contributed by atoms with Gasteiger partial charge in [-0.15, -0.1) is 0 Å². The molecule has 2 amide bonds. The van der Waals surface area contributed by atoms with E-state index in [0.717, 1.165) is 37.3 Å². The number of ether oxygens (including phenoxy) is 2. The van der Waals surface area contributed by atoms with Crippen LogP contribution in [0.4, 0.5) is 9.59 Å². The monoisotopic (exact) mass is 624 g/mol. The number of carbonyl (C=O) groups is 2. The highest BCUT2D eigenvalue weighted by molar-refractivity contribution is 7.79. The van der Waals surface area contributed by atoms with Crippen molar-refractivity contribution in [2.75, 3.05) is 55.4 Å². The van der Waals surface area contributed by atoms with Crippen LogP contribution < -0.4 is 9.47 Å². The first-order valence-corrected chi connectivity index (χ1v) is 15.2. The molecule has 0 radical (unpaired) electrons. The van der Waals surface area contributed by atoms with Crippen LogP contribution in [0.1, 0.15) is 49.9 Å². The summed E-state index contributed by atoms with van der Waals surface area (Å²) in [5.74, 6) is 1.02. The molecule has 14 nitrogen and oxygen atoms in total. The first kappa shape index (κ1) is 37.7. The van der Waals surface area contributed by atoms with Gasteiger partial charge in [0.05, 0.1) is 11.4 Å². The van der Waals surface area contributed by atoms with E-state index >= 15 is 0 Å². The molecule has 0 bridgehead atoms. The predicted octanol–water partition coefficient (Wildman–Crippen LogP) is 3.16. The first-order valence-electron chi connectivity index (χ1n) is 13.9. The van der Waals surface area contributed by atoms with Crippen molar-refractivity contribution < 1.29 is 36.6 Å². The summed E-state index contributed by atoms with van der Waals surface area (Å²) in [4.78, 5) is 39.8. The molecule has 0 saturated carbocycles. The van der Waals surface area contributed by atoms with E-state index < -0.39 is 22.6 Å². The minimum atomic E-state index is -5.17. The molecule has 0 N–H and O–H groups in total. The zero-order chi connectivity index (χ0) is 32.4. The fourth-order valence-electron chi connectivity index (χ4n) is 3.78. The Balaban J connectivity index is 0.00000170. The van der Waals surface area contributed by atoms with Gasteiger partial charge in [0.15, 0.2) is 11.5 Å². The summed E-state index contributed by atoms with van der Waals surface area (Å²) >= 11 is 0. The maximum Gasteiger partial charge on any atom is 0.414 e. The molecule has 2 heterocycles. The van der Waals surface area contributed by atoms with Crippen molar-refractivity contribution in [1.29, 1.82) is 0 Å². The number of hydrogen-bond donors (Lipinski definition) is 0. The molecule has 0 aromatic carbocycles. The van der Waals surface area contributed by atoms with Gasteiger partial charge in [0.25, 0.3) is 0 Å². The summed E-state index contributed by atoms with van der Waals surface area (Å²) in [6.07, 6.45) is 9.65. The maximum atomic E-state index is 11.9. The van der Waals surface area contributed by atoms with Crippen LogP contribution >= 0.6 is 0 Å². The number of aromatic nitrogens is 2. The second kappa shape index (κ2) is 19.7. The van der Waals surface area contributed by atoms with E-state index in [-0.39, 0.29) is 0 Å². The second-order valence-electron chi connectivity index (χ2n) is 10.4. The van der Waals surface area contributed by atoms with E-state index in [4.69, 9.17) is 27.0 Å². The lowest BCUT2D eigenvalue weighted by Crippen LogP contribution is -2.26. The number of unbranched alkanes of at least 4 members (excludes halogenated alkanes) is 5. The minimum Gasteiger partial charge on any atom is -0.759 e. The zero-order valence-electron chi connectivity index (χ0n) is 25.9. The van der Waals surface area contributed by atoms with Gasteiger partial charge in [0.2, 0.25) is 0 Å². The number of nitrogens with zero attached hydrogens (tertiary/aromatic N) is 6. The van der Waals surface area contributed by atoms with Crippen LogP contribution in [0, 0.1) is 0 Å². The predicted molar refractivity (Wildman–Crippen MR) is 159 cm³/mol. The Morgan fingerprint density at radius 3 is 1.33 bits per heavy atom. The third-order valence-corrected chi connectivity index (χ3v) is 5.99. The largest absolute Gasteiger partial charge is 0.759 e. The van der Waals surface area contributed by atoms with Crippen molar-refractivity contribution in [3.8, 4) is 11.5 Å². The van der Waals surface area contributed by atoms with E-state index in [1.54, 1.807) is 64.8 Å². The molecule has 15 heteroatoms. The van der Waals surface area contributed by atoms with Gasteiger partial charge in [-0.05, 0) is 64.3 Å². The van der Waals surface area contributed by atoms with Crippen molar-refractivity contribution in [2.24, 2.45) is 0 Å². The van der Waals surface area contributed by atoms with Crippen LogP contribution in [0.15, 0.2) is 36.7 Å². The smallest absolute Gasteiger partial charge is 0.414 e. The van der Waals surface area contributed by atoms with Gasteiger partial charge < -0.3 is 38.2 Å². The molecule has 0 saturated heterocycles. The number of amides is 2. The molecule has 0 aliphatic rings. The Kier molecular flexibility index (Phi) is 17.3. The summed E-state index contributed by atoms with van der Waals surface area (Å²) in [6.45, 7) is 3.20. The Morgan fingerprint density at radius 1 is 0.674 bits per heavy atom. The summed E-state index contributed by atoms with van der Waals surface area (Å²) in [5.41, 5.74) is 1.53. The number of pyridine rings is 2. The lowest BCUT2D eigenvalue weighted by atomic mass is 10.1. The SMILES string of the molecule is CN(CCCCCCCCN(C)Cc1ncccc1OC(=O)N(C)C)Cc1ncccc1OC(=O)N(C)C.O=S(=O)([O-])[O-]. The van der Waals surface area contributed by atoms with Crippen LogP contribution in [-0.4, -0.2) is 115 Å². The standard InChI is InChI=1S/C28H44N6O4.H2O4S/c1-31(2)27(35)37-25-15-13-17-29-23(25)21-33(5)19-11-9-7-8-10-12-20-34(6)22-24-26(16-14-18-30-24)38-28(36)32(3)4;1-5(2,3)4/h13-18H,7-12,19-22H2,1-6H3;(H2,1,2,3,4)/p-2. The molecule has 2 aromatic rings. The van der Waals surface area contributed by atoms with Gasteiger partial charge in [-0.25, -0.2) is 9.59 Å². The topological polar surface area (TPSA) is 172 Å². The molecule has 0 spiro atoms. The normalized spacial score (nSPS) is 11.1. The van der Waals surface area contributed by atoms with Crippen LogP contribution in [0.3, 0.4) is 0 Å². The van der Waals surface area contributed by atoms with E-state index in [1.165, 1.54) is 35.5 Å². The molecular weight excluding hydrogens is 580 g/mol. The Labute approximate surface area is 255 Å². The molecule has 2 aromatic heterocycles. The zero-order valence-corrected chi connectivity index (χ0v) is 26.7. The van der Waals surface area contributed by atoms with E-state index in [0.29, 0.717) is 24.6 Å². The third kappa shape index (κ3) is 18.0. The van der Waals surface area contributed by atoms with Gasteiger partial charge >= 0.3 is 12.2 Å². The molecule has 0 fully saturated rings. The highest BCUT2D eigenvalue weighted by Crippen LogP contribution is 2.19. The quantitative estimate of drug-likeness (QED) is 0.161. The fraction of sp³-hybridized carbons (Fsp3) is 0.571. The highest BCUT2D eigenvalue weighted by atomic mass is 32.3. The lowest BCUT2D eigenvalue weighted by molar-refractivity contribution is 0.169. The van der Waals surface area contributed by atoms with Gasteiger partial charge in [0, 0.05) is 64.1 Å². The highest BCUT2D eigenvalue weighted by Gasteiger charge is 2.14. The third-order valence-electron chi connectivity index (χ3n) is 5.99. The van der Waals surface area contributed by atoms with E-state index in [9.17, 15) is 9.59 Å². The lowest BCUT2D eigenvalue weighted by Gasteiger charge is -2.19. The van der Waals surface area contributed by atoms with Crippen LogP contribution in [0.5, 0.6) is 11.5 Å². The average Bonchev–Trinajstić information content (AvgIpc) is 2.91. The molecule has 0 atom stereocenters. The summed E-state index contributed by atoms with van der Waals surface area (Å²) in [6, 6.07) is 7.12. The maximum absolute atomic E-state index is 11.9. The van der Waals surface area contributed by atoms with Crippen LogP contribution in [-0.2, 0) is 23.5 Å².